The van der Waals surface area contributed by atoms with Crippen LogP contribution in [0.5, 0.6) is 0 Å². The molecule has 0 spiro atoms. The fourth-order valence-electron chi connectivity index (χ4n) is 8.06. The fourth-order valence-corrected chi connectivity index (χ4v) is 9.87. The van der Waals surface area contributed by atoms with Gasteiger partial charge in [0.15, 0.2) is 0 Å². The number of anilines is 2. The zero-order valence-corrected chi connectivity index (χ0v) is 24.3. The number of nitrogens with zero attached hydrogens (tertiary/aromatic N) is 3. The Labute approximate surface area is 239 Å². The second kappa shape index (κ2) is 10.1. The Balaban J connectivity index is 1.18. The molecule has 7 rings (SSSR count). The Bertz CT molecular complexity index is 1360. The number of benzene rings is 2. The first kappa shape index (κ1) is 27.1. The first-order valence-corrected chi connectivity index (χ1v) is 16.0. The van der Waals surface area contributed by atoms with Crippen LogP contribution in [0.4, 0.5) is 17.1 Å². The van der Waals surface area contributed by atoms with Gasteiger partial charge in [0, 0.05) is 44.0 Å². The normalized spacial score (nSPS) is 29.4. The minimum Gasteiger partial charge on any atom is -0.376 e. The molecule has 5 aliphatic rings. The standard InChI is InChI=1S/C28H34Cl2N4O4S/c1-18(28-15-19-10-20(16-28)12-21(11-19)17-28)31-26-13-22(2-5-27(26)34(35)36)32-6-8-33(9-7-32)39(37,38)23-3-4-24(29)25(30)14-23/h2-5,13-14,18-21,31H,6-12,15-17H2,1H3/t18-,19?,20?,21?,28?/m0/s1. The lowest BCUT2D eigenvalue weighted by atomic mass is 9.48. The lowest BCUT2D eigenvalue weighted by molar-refractivity contribution is -0.384. The van der Waals surface area contributed by atoms with Gasteiger partial charge in [-0.1, -0.05) is 23.2 Å². The summed E-state index contributed by atoms with van der Waals surface area (Å²) in [5.74, 6) is 2.41. The first-order chi connectivity index (χ1) is 18.5. The molecule has 8 nitrogen and oxygen atoms in total. The van der Waals surface area contributed by atoms with E-state index < -0.39 is 10.0 Å². The van der Waals surface area contributed by atoms with Crippen LogP contribution in [-0.2, 0) is 10.0 Å². The summed E-state index contributed by atoms with van der Waals surface area (Å²) < 4.78 is 27.8. The van der Waals surface area contributed by atoms with Crippen LogP contribution in [0.1, 0.15) is 45.4 Å². The molecule has 0 amide bonds. The molecule has 0 radical (unpaired) electrons. The van der Waals surface area contributed by atoms with E-state index >= 15 is 0 Å². The largest absolute Gasteiger partial charge is 0.376 e. The van der Waals surface area contributed by atoms with Crippen molar-refractivity contribution in [3.63, 3.8) is 0 Å². The molecular formula is C28H34Cl2N4O4S. The number of halogens is 2. The smallest absolute Gasteiger partial charge is 0.292 e. The van der Waals surface area contributed by atoms with E-state index in [-0.39, 0.29) is 32.0 Å². The highest BCUT2D eigenvalue weighted by atomic mass is 35.5. The number of rotatable bonds is 7. The summed E-state index contributed by atoms with van der Waals surface area (Å²) in [4.78, 5) is 13.8. The lowest BCUT2D eigenvalue weighted by Gasteiger charge is -2.59. The maximum atomic E-state index is 13.2. The van der Waals surface area contributed by atoms with Gasteiger partial charge in [0.25, 0.3) is 5.69 Å². The predicted molar refractivity (Wildman–Crippen MR) is 154 cm³/mol. The zero-order valence-electron chi connectivity index (χ0n) is 22.0. The van der Waals surface area contributed by atoms with Gasteiger partial charge in [-0.2, -0.15) is 4.31 Å². The minimum atomic E-state index is -3.71. The van der Waals surface area contributed by atoms with Crippen LogP contribution >= 0.6 is 23.2 Å². The molecule has 2 aromatic carbocycles. The summed E-state index contributed by atoms with van der Waals surface area (Å²) in [5.41, 5.74) is 1.69. The Morgan fingerprint density at radius 1 is 0.949 bits per heavy atom. The topological polar surface area (TPSA) is 95.8 Å². The van der Waals surface area contributed by atoms with Crippen LogP contribution in [0.3, 0.4) is 0 Å². The first-order valence-electron chi connectivity index (χ1n) is 13.8. The number of piperazine rings is 1. The molecule has 4 aliphatic carbocycles. The summed E-state index contributed by atoms with van der Waals surface area (Å²) in [7, 11) is -3.71. The van der Waals surface area contributed by atoms with E-state index in [0.717, 1.165) is 23.4 Å². The molecule has 4 saturated carbocycles. The summed E-state index contributed by atoms with van der Waals surface area (Å²) >= 11 is 12.0. The van der Waals surface area contributed by atoms with Crippen molar-refractivity contribution in [3.05, 3.63) is 56.6 Å². The van der Waals surface area contributed by atoms with Crippen molar-refractivity contribution in [1.82, 2.24) is 4.31 Å². The summed E-state index contributed by atoms with van der Waals surface area (Å²) in [5, 5.41) is 16.0. The van der Waals surface area contributed by atoms with Gasteiger partial charge in [0.1, 0.15) is 5.69 Å². The molecular weight excluding hydrogens is 559 g/mol. The Hall–Kier alpha value is -2.07. The number of hydrogen-bond donors (Lipinski definition) is 1. The Kier molecular flexibility index (Phi) is 7.01. The summed E-state index contributed by atoms with van der Waals surface area (Å²) in [6, 6.07) is 9.69. The van der Waals surface area contributed by atoms with E-state index in [2.05, 4.69) is 17.1 Å². The van der Waals surface area contributed by atoms with Crippen molar-refractivity contribution in [2.24, 2.45) is 23.2 Å². The van der Waals surface area contributed by atoms with Crippen molar-refractivity contribution in [2.75, 3.05) is 36.4 Å². The Morgan fingerprint density at radius 3 is 2.13 bits per heavy atom. The predicted octanol–water partition coefficient (Wildman–Crippen LogP) is 6.43. The van der Waals surface area contributed by atoms with Gasteiger partial charge in [0.05, 0.1) is 19.9 Å². The van der Waals surface area contributed by atoms with Gasteiger partial charge in [-0.15, -0.1) is 0 Å². The van der Waals surface area contributed by atoms with Crippen LogP contribution in [-0.4, -0.2) is 49.9 Å². The van der Waals surface area contributed by atoms with Crippen LogP contribution in [0.25, 0.3) is 0 Å². The molecule has 1 N–H and O–H groups in total. The molecule has 1 saturated heterocycles. The van der Waals surface area contributed by atoms with Crippen LogP contribution in [0.2, 0.25) is 10.0 Å². The quantitative estimate of drug-likeness (QED) is 0.294. The van der Waals surface area contributed by atoms with E-state index in [4.69, 9.17) is 23.2 Å². The third kappa shape index (κ3) is 5.00. The maximum Gasteiger partial charge on any atom is 0.292 e. The van der Waals surface area contributed by atoms with Crippen molar-refractivity contribution < 1.29 is 13.3 Å². The van der Waals surface area contributed by atoms with Crippen molar-refractivity contribution in [1.29, 1.82) is 0 Å². The molecule has 0 unspecified atom stereocenters. The van der Waals surface area contributed by atoms with Gasteiger partial charge >= 0.3 is 0 Å². The average molecular weight is 594 g/mol. The molecule has 5 fully saturated rings. The van der Waals surface area contributed by atoms with Gasteiger partial charge in [-0.25, -0.2) is 8.42 Å². The zero-order chi connectivity index (χ0) is 27.5. The molecule has 1 heterocycles. The van der Waals surface area contributed by atoms with Gasteiger partial charge in [-0.3, -0.25) is 10.1 Å². The highest BCUT2D eigenvalue weighted by Crippen LogP contribution is 2.61. The molecule has 2 aromatic rings. The van der Waals surface area contributed by atoms with E-state index in [9.17, 15) is 18.5 Å². The van der Waals surface area contributed by atoms with Crippen molar-refractivity contribution in [2.45, 2.75) is 56.4 Å². The van der Waals surface area contributed by atoms with E-state index in [1.165, 1.54) is 61.0 Å². The van der Waals surface area contributed by atoms with Crippen molar-refractivity contribution >= 4 is 50.3 Å². The molecule has 0 aromatic heterocycles. The molecule has 4 bridgehead atoms. The molecule has 11 heteroatoms. The molecule has 1 atom stereocenters. The maximum absolute atomic E-state index is 13.2. The third-order valence-electron chi connectivity index (χ3n) is 9.69. The lowest BCUT2D eigenvalue weighted by Crippen LogP contribution is -2.53. The van der Waals surface area contributed by atoms with Gasteiger partial charge in [-0.05, 0) is 98.9 Å². The summed E-state index contributed by atoms with van der Waals surface area (Å²) in [6.45, 7) is 3.75. The van der Waals surface area contributed by atoms with Crippen molar-refractivity contribution in [3.8, 4) is 0 Å². The molecule has 39 heavy (non-hydrogen) atoms. The number of nitro groups is 1. The van der Waals surface area contributed by atoms with Gasteiger partial charge in [0.2, 0.25) is 10.0 Å². The number of nitro benzene ring substituents is 1. The average Bonchev–Trinajstić information content (AvgIpc) is 2.89. The fraction of sp³-hybridized carbons (Fsp3) is 0.571. The van der Waals surface area contributed by atoms with Crippen LogP contribution in [0, 0.1) is 33.3 Å². The number of sulfonamides is 1. The van der Waals surface area contributed by atoms with Crippen LogP contribution in [0.15, 0.2) is 41.3 Å². The van der Waals surface area contributed by atoms with Crippen LogP contribution < -0.4 is 10.2 Å². The monoisotopic (exact) mass is 592 g/mol. The Morgan fingerprint density at radius 2 is 1.56 bits per heavy atom. The SMILES string of the molecule is C[C@H](Nc1cc(N2CCN(S(=O)(=O)c3ccc(Cl)c(Cl)c3)CC2)ccc1[N+](=O)[O-])C12CC3CC(CC(C3)C1)C2. The minimum absolute atomic E-state index is 0.0798. The van der Waals surface area contributed by atoms with Gasteiger partial charge < -0.3 is 10.2 Å². The molecule has 210 valence electrons. The summed E-state index contributed by atoms with van der Waals surface area (Å²) in [6.07, 6.45) is 7.72. The van der Waals surface area contributed by atoms with E-state index in [1.54, 1.807) is 12.1 Å². The third-order valence-corrected chi connectivity index (χ3v) is 12.3. The van der Waals surface area contributed by atoms with E-state index in [0.29, 0.717) is 36.9 Å². The van der Waals surface area contributed by atoms with E-state index in [1.807, 2.05) is 6.07 Å². The number of nitrogens with one attached hydrogen (secondary N) is 1. The second-order valence-corrected chi connectivity index (χ2v) is 14.8. The highest BCUT2D eigenvalue weighted by molar-refractivity contribution is 7.89. The molecule has 1 aliphatic heterocycles. The number of hydrogen-bond acceptors (Lipinski definition) is 6. The highest BCUT2D eigenvalue weighted by Gasteiger charge is 2.53. The second-order valence-electron chi connectivity index (χ2n) is 12.1.